The number of azide groups is 1. The number of ether oxygens (including phenoxy) is 2. The molecular formula is C22H26N4O8S. The SMILES string of the molecule is COC(=O)[C@H](Cc1ccc(OCC(O)COS(=O)(=O)c2ccc(C)cc2)cc1)NC(=O)CN=[N+]=[N-]. The van der Waals surface area contributed by atoms with Gasteiger partial charge in [-0.25, -0.2) is 4.79 Å². The summed E-state index contributed by atoms with van der Waals surface area (Å²) in [6.07, 6.45) is -1.09. The molecule has 0 spiro atoms. The average molecular weight is 507 g/mol. The molecule has 2 rings (SSSR count). The van der Waals surface area contributed by atoms with E-state index in [0.29, 0.717) is 11.3 Å². The zero-order valence-corrected chi connectivity index (χ0v) is 20.0. The van der Waals surface area contributed by atoms with Crippen molar-refractivity contribution in [2.24, 2.45) is 5.11 Å². The van der Waals surface area contributed by atoms with E-state index >= 15 is 0 Å². The van der Waals surface area contributed by atoms with Gasteiger partial charge < -0.3 is 19.9 Å². The van der Waals surface area contributed by atoms with Crippen LogP contribution in [-0.4, -0.2) is 64.4 Å². The highest BCUT2D eigenvalue weighted by atomic mass is 32.2. The predicted molar refractivity (Wildman–Crippen MR) is 124 cm³/mol. The predicted octanol–water partition coefficient (Wildman–Crippen LogP) is 1.65. The third-order valence-corrected chi connectivity index (χ3v) is 5.93. The number of hydrogen-bond acceptors (Lipinski definition) is 9. The smallest absolute Gasteiger partial charge is 0.328 e. The normalized spacial score (nSPS) is 12.7. The summed E-state index contributed by atoms with van der Waals surface area (Å²) in [5.74, 6) is -0.904. The summed E-state index contributed by atoms with van der Waals surface area (Å²) in [4.78, 5) is 26.2. The zero-order chi connectivity index (χ0) is 25.8. The van der Waals surface area contributed by atoms with Gasteiger partial charge in [0.25, 0.3) is 10.1 Å². The molecule has 1 unspecified atom stereocenters. The van der Waals surface area contributed by atoms with E-state index < -0.39 is 47.3 Å². The second kappa shape index (κ2) is 13.3. The van der Waals surface area contributed by atoms with Crippen LogP contribution in [0.25, 0.3) is 10.4 Å². The van der Waals surface area contributed by atoms with Crippen LogP contribution in [0.4, 0.5) is 0 Å². The maximum Gasteiger partial charge on any atom is 0.328 e. The van der Waals surface area contributed by atoms with E-state index in [2.05, 4.69) is 15.3 Å². The molecule has 188 valence electrons. The number of amides is 1. The summed E-state index contributed by atoms with van der Waals surface area (Å²) in [5.41, 5.74) is 9.86. The van der Waals surface area contributed by atoms with Gasteiger partial charge >= 0.3 is 5.97 Å². The highest BCUT2D eigenvalue weighted by molar-refractivity contribution is 7.86. The van der Waals surface area contributed by atoms with Crippen LogP contribution in [0.2, 0.25) is 0 Å². The highest BCUT2D eigenvalue weighted by Crippen LogP contribution is 2.16. The first-order valence-electron chi connectivity index (χ1n) is 10.4. The summed E-state index contributed by atoms with van der Waals surface area (Å²) >= 11 is 0. The van der Waals surface area contributed by atoms with Gasteiger partial charge in [-0.3, -0.25) is 8.98 Å². The van der Waals surface area contributed by atoms with Crippen LogP contribution in [0.1, 0.15) is 11.1 Å². The van der Waals surface area contributed by atoms with Crippen LogP contribution in [-0.2, 0) is 35.0 Å². The Bertz CT molecular complexity index is 1150. The Morgan fingerprint density at radius 3 is 2.37 bits per heavy atom. The number of nitrogens with zero attached hydrogens (tertiary/aromatic N) is 3. The molecule has 0 saturated carbocycles. The molecule has 0 aliphatic carbocycles. The van der Waals surface area contributed by atoms with Gasteiger partial charge in [-0.2, -0.15) is 8.42 Å². The molecule has 12 nitrogen and oxygen atoms in total. The van der Waals surface area contributed by atoms with E-state index in [-0.39, 0.29) is 17.9 Å². The molecule has 0 aliphatic rings. The van der Waals surface area contributed by atoms with Gasteiger partial charge in [0.15, 0.2) is 0 Å². The summed E-state index contributed by atoms with van der Waals surface area (Å²) in [7, 11) is -2.81. The van der Waals surface area contributed by atoms with Crippen LogP contribution in [0, 0.1) is 6.92 Å². The third kappa shape index (κ3) is 9.26. The van der Waals surface area contributed by atoms with Gasteiger partial charge in [0, 0.05) is 11.3 Å². The fourth-order valence-corrected chi connectivity index (χ4v) is 3.75. The van der Waals surface area contributed by atoms with Crippen LogP contribution in [0.3, 0.4) is 0 Å². The number of aliphatic hydroxyl groups is 1. The molecule has 2 N–H and O–H groups in total. The lowest BCUT2D eigenvalue weighted by molar-refractivity contribution is -0.144. The summed E-state index contributed by atoms with van der Waals surface area (Å²) < 4.78 is 39.4. The Balaban J connectivity index is 1.87. The van der Waals surface area contributed by atoms with Gasteiger partial charge in [0.1, 0.15) is 31.0 Å². The maximum absolute atomic E-state index is 12.2. The van der Waals surface area contributed by atoms with Crippen LogP contribution >= 0.6 is 0 Å². The molecule has 0 fully saturated rings. The van der Waals surface area contributed by atoms with Crippen molar-refractivity contribution in [2.75, 3.05) is 26.9 Å². The second-order valence-corrected chi connectivity index (χ2v) is 9.01. The second-order valence-electron chi connectivity index (χ2n) is 7.40. The van der Waals surface area contributed by atoms with Gasteiger partial charge in [0.05, 0.1) is 18.6 Å². The molecule has 2 aromatic carbocycles. The number of hydrogen-bond donors (Lipinski definition) is 2. The van der Waals surface area contributed by atoms with Crippen molar-refractivity contribution in [3.05, 3.63) is 70.1 Å². The first-order valence-corrected chi connectivity index (χ1v) is 11.8. The highest BCUT2D eigenvalue weighted by Gasteiger charge is 2.22. The van der Waals surface area contributed by atoms with Gasteiger partial charge in [-0.15, -0.1) is 0 Å². The van der Waals surface area contributed by atoms with E-state index in [9.17, 15) is 23.1 Å². The molecular weight excluding hydrogens is 480 g/mol. The summed E-state index contributed by atoms with van der Waals surface area (Å²) in [6, 6.07) is 11.6. The number of benzene rings is 2. The quantitative estimate of drug-likeness (QED) is 0.135. The first kappa shape index (κ1) is 27.6. The number of nitrogens with one attached hydrogen (secondary N) is 1. The number of carbonyl (C=O) groups is 2. The fraction of sp³-hybridized carbons (Fsp3) is 0.364. The number of esters is 1. The molecule has 1 amide bonds. The Kier molecular flexibility index (Phi) is 10.5. The van der Waals surface area contributed by atoms with Crippen molar-refractivity contribution in [2.45, 2.75) is 30.4 Å². The van der Waals surface area contributed by atoms with Crippen molar-refractivity contribution in [1.82, 2.24) is 5.32 Å². The number of aryl methyl sites for hydroxylation is 1. The summed E-state index contributed by atoms with van der Waals surface area (Å²) in [6.45, 7) is 0.678. The van der Waals surface area contributed by atoms with E-state index in [1.165, 1.54) is 19.2 Å². The lowest BCUT2D eigenvalue weighted by Crippen LogP contribution is -2.43. The van der Waals surface area contributed by atoms with Crippen LogP contribution in [0.15, 0.2) is 58.5 Å². The molecule has 0 bridgehead atoms. The van der Waals surface area contributed by atoms with E-state index in [1.54, 1.807) is 36.4 Å². The molecule has 2 atom stereocenters. The molecule has 2 aromatic rings. The molecule has 35 heavy (non-hydrogen) atoms. The van der Waals surface area contributed by atoms with Crippen molar-refractivity contribution in [1.29, 1.82) is 0 Å². The number of aliphatic hydroxyl groups excluding tert-OH is 1. The number of rotatable bonds is 13. The van der Waals surface area contributed by atoms with Crippen molar-refractivity contribution < 1.29 is 36.8 Å². The van der Waals surface area contributed by atoms with Gasteiger partial charge in [-0.1, -0.05) is 34.9 Å². The molecule has 0 aromatic heterocycles. The Hall–Kier alpha value is -3.64. The van der Waals surface area contributed by atoms with Gasteiger partial charge in [0.2, 0.25) is 5.91 Å². The Morgan fingerprint density at radius 1 is 1.11 bits per heavy atom. The van der Waals surface area contributed by atoms with Gasteiger partial charge in [-0.05, 0) is 42.3 Å². The van der Waals surface area contributed by atoms with E-state index in [0.717, 1.165) is 5.56 Å². The van der Waals surface area contributed by atoms with Crippen molar-refractivity contribution >= 4 is 22.0 Å². The van der Waals surface area contributed by atoms with E-state index in [1.807, 2.05) is 6.92 Å². The molecule has 13 heteroatoms. The molecule has 0 aliphatic heterocycles. The minimum Gasteiger partial charge on any atom is -0.491 e. The van der Waals surface area contributed by atoms with Crippen molar-refractivity contribution in [3.63, 3.8) is 0 Å². The first-order chi connectivity index (χ1) is 16.6. The lowest BCUT2D eigenvalue weighted by Gasteiger charge is -2.16. The minimum atomic E-state index is -4.00. The average Bonchev–Trinajstić information content (AvgIpc) is 2.85. The largest absolute Gasteiger partial charge is 0.491 e. The minimum absolute atomic E-state index is 0.00829. The van der Waals surface area contributed by atoms with Crippen molar-refractivity contribution in [3.8, 4) is 5.75 Å². The maximum atomic E-state index is 12.2. The third-order valence-electron chi connectivity index (χ3n) is 4.63. The lowest BCUT2D eigenvalue weighted by atomic mass is 10.1. The Labute approximate surface area is 202 Å². The number of carbonyl (C=O) groups excluding carboxylic acids is 2. The number of methoxy groups -OCH3 is 1. The van der Waals surface area contributed by atoms with E-state index in [4.69, 9.17) is 19.2 Å². The fourth-order valence-electron chi connectivity index (χ4n) is 2.81. The standard InChI is InChI=1S/C22H26N4O8S/c1-15-3-9-19(10-4-15)35(30,31)34-14-17(27)13-33-18-7-5-16(6-8-18)11-20(22(29)32-2)25-21(28)12-24-26-23/h3-10,17,20,27H,11-14H2,1-2H3,(H,25,28)/t17?,20-/m0/s1. The topological polar surface area (TPSA) is 177 Å². The molecule has 0 saturated heterocycles. The zero-order valence-electron chi connectivity index (χ0n) is 19.2. The molecule has 0 heterocycles. The summed E-state index contributed by atoms with van der Waals surface area (Å²) in [5, 5.41) is 15.6. The Morgan fingerprint density at radius 2 is 1.77 bits per heavy atom. The molecule has 0 radical (unpaired) electrons. The van der Waals surface area contributed by atoms with Crippen LogP contribution < -0.4 is 10.1 Å². The monoisotopic (exact) mass is 506 g/mol. The van der Waals surface area contributed by atoms with Crippen LogP contribution in [0.5, 0.6) is 5.75 Å².